The zero-order valence-corrected chi connectivity index (χ0v) is 35.6. The lowest BCUT2D eigenvalue weighted by atomic mass is 9.85. The van der Waals surface area contributed by atoms with Crippen LogP contribution in [0.2, 0.25) is 0 Å². The summed E-state index contributed by atoms with van der Waals surface area (Å²) in [5.74, 6) is 0. The Labute approximate surface area is 361 Å². The van der Waals surface area contributed by atoms with E-state index >= 15 is 9.13 Å². The fourth-order valence-electron chi connectivity index (χ4n) is 9.35. The first kappa shape index (κ1) is 37.9. The highest BCUT2D eigenvalue weighted by Crippen LogP contribution is 2.50. The molecule has 0 aromatic heterocycles. The van der Waals surface area contributed by atoms with E-state index in [1.54, 1.807) is 0 Å². The Morgan fingerprint density at radius 3 is 0.871 bits per heavy atom. The summed E-state index contributed by atoms with van der Waals surface area (Å²) in [5.41, 5.74) is 4.19. The van der Waals surface area contributed by atoms with Gasteiger partial charge in [-0.3, -0.25) is 0 Å². The van der Waals surface area contributed by atoms with Crippen LogP contribution < -0.4 is 31.8 Å². The first-order valence-electron chi connectivity index (χ1n) is 21.0. The van der Waals surface area contributed by atoms with Crippen LogP contribution in [0.4, 0.5) is 0 Å². The summed E-state index contributed by atoms with van der Waals surface area (Å²) < 4.78 is 32.1. The molecule has 4 heteroatoms. The van der Waals surface area contributed by atoms with E-state index in [1.165, 1.54) is 0 Å². The normalized spacial score (nSPS) is 12.0. The molecule has 0 aliphatic heterocycles. The van der Waals surface area contributed by atoms with E-state index in [0.717, 1.165) is 97.2 Å². The van der Waals surface area contributed by atoms with Gasteiger partial charge in [0.1, 0.15) is 0 Å². The van der Waals surface area contributed by atoms with Crippen molar-refractivity contribution in [2.75, 3.05) is 0 Å². The second-order valence-electron chi connectivity index (χ2n) is 15.9. The van der Waals surface area contributed by atoms with Gasteiger partial charge in [0.05, 0.1) is 0 Å². The Hall–Kier alpha value is -7.08. The van der Waals surface area contributed by atoms with Crippen LogP contribution in [0.5, 0.6) is 0 Å². The molecule has 0 bridgehead atoms. The van der Waals surface area contributed by atoms with E-state index in [0.29, 0.717) is 0 Å². The molecular formula is C58H40O2P2. The summed E-state index contributed by atoms with van der Waals surface area (Å²) in [6.07, 6.45) is 0. The zero-order chi connectivity index (χ0) is 41.7. The highest BCUT2D eigenvalue weighted by atomic mass is 31.2. The number of hydrogen-bond acceptors (Lipinski definition) is 2. The molecular weight excluding hydrogens is 791 g/mol. The van der Waals surface area contributed by atoms with Crippen LogP contribution in [0, 0.1) is 0 Å². The lowest BCUT2D eigenvalue weighted by molar-refractivity contribution is 0.591. The molecule has 0 N–H and O–H groups in total. The van der Waals surface area contributed by atoms with Crippen molar-refractivity contribution < 1.29 is 9.13 Å². The third-order valence-corrected chi connectivity index (χ3v) is 18.5. The number of benzene rings is 11. The molecule has 11 aromatic rings. The van der Waals surface area contributed by atoms with Crippen molar-refractivity contribution in [1.29, 1.82) is 0 Å². The number of fused-ring (bicyclic) bond motifs is 4. The molecule has 0 aliphatic carbocycles. The summed E-state index contributed by atoms with van der Waals surface area (Å²) in [6, 6.07) is 82.7. The van der Waals surface area contributed by atoms with Gasteiger partial charge in [0, 0.05) is 31.8 Å². The quantitative estimate of drug-likeness (QED) is 0.113. The van der Waals surface area contributed by atoms with Crippen LogP contribution in [0.1, 0.15) is 0 Å². The standard InChI is InChI=1S/C58H40O2P2/c59-61(47-21-5-1-6-22-47,48-23-7-2-8-24-48)51-33-35-53-55(39-51)57(45-31-29-41-17-13-15-19-43(41)37-45)54-36-34-52(62(60,49-25-9-3-10-26-49)50-27-11-4-12-28-50)40-56(54)58(53)46-32-30-42-18-14-16-20-44(42)38-46/h1-40H. The lowest BCUT2D eigenvalue weighted by Gasteiger charge is -2.24. The average molecular weight is 831 g/mol. The molecule has 294 valence electrons. The molecule has 11 aromatic carbocycles. The van der Waals surface area contributed by atoms with Gasteiger partial charge < -0.3 is 9.13 Å². The molecule has 11 rings (SSSR count). The van der Waals surface area contributed by atoms with Gasteiger partial charge in [0.2, 0.25) is 0 Å². The Kier molecular flexibility index (Phi) is 9.43. The molecule has 62 heavy (non-hydrogen) atoms. The van der Waals surface area contributed by atoms with Crippen molar-refractivity contribution in [2.45, 2.75) is 0 Å². The van der Waals surface area contributed by atoms with Crippen LogP contribution >= 0.6 is 14.3 Å². The van der Waals surface area contributed by atoms with E-state index < -0.39 is 14.3 Å². The molecule has 0 atom stereocenters. The highest BCUT2D eigenvalue weighted by molar-refractivity contribution is 7.85. The third kappa shape index (κ3) is 6.26. The Morgan fingerprint density at radius 1 is 0.226 bits per heavy atom. The van der Waals surface area contributed by atoms with E-state index in [2.05, 4.69) is 121 Å². The molecule has 0 fully saturated rings. The van der Waals surface area contributed by atoms with E-state index in [9.17, 15) is 0 Å². The molecule has 0 radical (unpaired) electrons. The topological polar surface area (TPSA) is 34.1 Å². The summed E-state index contributed by atoms with van der Waals surface area (Å²) in [6.45, 7) is 0. The van der Waals surface area contributed by atoms with Crippen molar-refractivity contribution >= 4 is 89.2 Å². The summed E-state index contributed by atoms with van der Waals surface area (Å²) in [5, 5.41) is 13.3. The fourth-order valence-corrected chi connectivity index (χ4v) is 14.7. The minimum atomic E-state index is -3.35. The Balaban J connectivity index is 1.30. The van der Waals surface area contributed by atoms with Gasteiger partial charge in [-0.1, -0.05) is 218 Å². The molecule has 0 saturated heterocycles. The molecule has 2 nitrogen and oxygen atoms in total. The lowest BCUT2D eigenvalue weighted by Crippen LogP contribution is -2.25. The minimum Gasteiger partial charge on any atom is -0.309 e. The van der Waals surface area contributed by atoms with E-state index in [-0.39, 0.29) is 0 Å². The Morgan fingerprint density at radius 2 is 0.532 bits per heavy atom. The average Bonchev–Trinajstić information content (AvgIpc) is 3.35. The largest absolute Gasteiger partial charge is 0.309 e. The molecule has 0 unspecified atom stereocenters. The van der Waals surface area contributed by atoms with Gasteiger partial charge in [-0.25, -0.2) is 0 Å². The van der Waals surface area contributed by atoms with Gasteiger partial charge in [-0.05, 0) is 89.6 Å². The maximum Gasteiger partial charge on any atom is 0.171 e. The molecule has 0 saturated carbocycles. The van der Waals surface area contributed by atoms with Crippen molar-refractivity contribution in [3.8, 4) is 22.3 Å². The predicted molar refractivity (Wildman–Crippen MR) is 266 cm³/mol. The number of rotatable bonds is 8. The minimum absolute atomic E-state index is 0.766. The maximum absolute atomic E-state index is 16.0. The third-order valence-electron chi connectivity index (χ3n) is 12.4. The number of hydrogen-bond donors (Lipinski definition) is 0. The first-order valence-corrected chi connectivity index (χ1v) is 24.4. The van der Waals surface area contributed by atoms with Crippen LogP contribution in [0.3, 0.4) is 0 Å². The zero-order valence-electron chi connectivity index (χ0n) is 33.8. The smallest absolute Gasteiger partial charge is 0.171 e. The van der Waals surface area contributed by atoms with Gasteiger partial charge in [-0.15, -0.1) is 0 Å². The maximum atomic E-state index is 16.0. The van der Waals surface area contributed by atoms with Crippen LogP contribution in [-0.4, -0.2) is 0 Å². The van der Waals surface area contributed by atoms with Gasteiger partial charge in [0.25, 0.3) is 0 Å². The fraction of sp³-hybridized carbons (Fsp3) is 0. The molecule has 0 heterocycles. The molecule has 0 aliphatic rings. The van der Waals surface area contributed by atoms with E-state index in [4.69, 9.17) is 0 Å². The second kappa shape index (κ2) is 15.4. The van der Waals surface area contributed by atoms with E-state index in [1.807, 2.05) is 121 Å². The predicted octanol–water partition coefficient (Wildman–Crippen LogP) is 12.9. The SMILES string of the molecule is O=P(c1ccccc1)(c1ccccc1)c1ccc2c(-c3ccc4ccccc4c3)c3cc(P(=O)(c4ccccc4)c4ccccc4)ccc3c(-c3ccc4ccccc4c3)c2c1. The molecule has 0 spiro atoms. The van der Waals surface area contributed by atoms with Crippen molar-refractivity contribution in [1.82, 2.24) is 0 Å². The van der Waals surface area contributed by atoms with Crippen molar-refractivity contribution in [3.63, 3.8) is 0 Å². The Bertz CT molecular complexity index is 3240. The molecule has 0 amide bonds. The summed E-state index contributed by atoms with van der Waals surface area (Å²) >= 11 is 0. The van der Waals surface area contributed by atoms with Crippen molar-refractivity contribution in [2.24, 2.45) is 0 Å². The summed E-state index contributed by atoms with van der Waals surface area (Å²) in [7, 11) is -6.69. The van der Waals surface area contributed by atoms with Crippen LogP contribution in [-0.2, 0) is 9.13 Å². The van der Waals surface area contributed by atoms with Gasteiger partial charge >= 0.3 is 0 Å². The van der Waals surface area contributed by atoms with Crippen molar-refractivity contribution in [3.05, 3.63) is 243 Å². The highest BCUT2D eigenvalue weighted by Gasteiger charge is 2.33. The summed E-state index contributed by atoms with van der Waals surface area (Å²) in [4.78, 5) is 0. The van der Waals surface area contributed by atoms with Crippen LogP contribution in [0.25, 0.3) is 65.3 Å². The first-order chi connectivity index (χ1) is 30.5. The van der Waals surface area contributed by atoms with Gasteiger partial charge in [-0.2, -0.15) is 0 Å². The monoisotopic (exact) mass is 830 g/mol. The van der Waals surface area contributed by atoms with Gasteiger partial charge in [0.15, 0.2) is 14.3 Å². The van der Waals surface area contributed by atoms with Crippen LogP contribution in [0.15, 0.2) is 243 Å². The second-order valence-corrected chi connectivity index (χ2v) is 21.4.